The lowest BCUT2D eigenvalue weighted by Crippen LogP contribution is -2.39. The monoisotopic (exact) mass is 293 g/mol. The fraction of sp³-hybridized carbons (Fsp3) is 0.500. The number of anilines is 1. The van der Waals surface area contributed by atoms with E-state index in [-0.39, 0.29) is 17.6 Å². The van der Waals surface area contributed by atoms with Gasteiger partial charge in [-0.05, 0) is 50.5 Å². The highest BCUT2D eigenvalue weighted by atomic mass is 19.1. The highest BCUT2D eigenvalue weighted by Gasteiger charge is 2.33. The Hall–Kier alpha value is -1.91. The number of carboxylic acids is 1. The van der Waals surface area contributed by atoms with Gasteiger partial charge in [0.1, 0.15) is 5.82 Å². The Balaban J connectivity index is 2.12. The second kappa shape index (κ2) is 6.70. The van der Waals surface area contributed by atoms with Crippen LogP contribution in [-0.2, 0) is 9.59 Å². The first-order valence-corrected chi connectivity index (χ1v) is 7.32. The fourth-order valence-corrected chi connectivity index (χ4v) is 2.95. The normalized spacial score (nSPS) is 21.8. The summed E-state index contributed by atoms with van der Waals surface area (Å²) in [5.41, 5.74) is 0.654. The number of halogens is 1. The molecule has 0 aromatic heterocycles. The molecule has 21 heavy (non-hydrogen) atoms. The molecule has 1 aromatic rings. The predicted octanol–water partition coefficient (Wildman–Crippen LogP) is 3.07. The molecule has 0 spiro atoms. The zero-order chi connectivity index (χ0) is 15.4. The Kier molecular flexibility index (Phi) is 4.94. The second-order valence-corrected chi connectivity index (χ2v) is 5.46. The highest BCUT2D eigenvalue weighted by Crippen LogP contribution is 2.31. The molecule has 0 radical (unpaired) electrons. The number of benzene rings is 1. The molecule has 0 bridgehead atoms. The summed E-state index contributed by atoms with van der Waals surface area (Å²) in [7, 11) is 0. The van der Waals surface area contributed by atoms with Gasteiger partial charge in [-0.15, -0.1) is 0 Å². The number of rotatable bonds is 4. The summed E-state index contributed by atoms with van der Waals surface area (Å²) in [6.07, 6.45) is 2.52. The topological polar surface area (TPSA) is 57.6 Å². The summed E-state index contributed by atoms with van der Waals surface area (Å²) in [5.74, 6) is -1.91. The van der Waals surface area contributed by atoms with Crippen LogP contribution in [0.1, 0.15) is 32.6 Å². The minimum Gasteiger partial charge on any atom is -0.481 e. The van der Waals surface area contributed by atoms with Crippen molar-refractivity contribution in [3.05, 3.63) is 30.1 Å². The lowest BCUT2D eigenvalue weighted by atomic mass is 9.80. The molecule has 1 saturated carbocycles. The number of aliphatic carboxylic acids is 1. The first-order chi connectivity index (χ1) is 10.0. The predicted molar refractivity (Wildman–Crippen MR) is 77.5 cm³/mol. The Bertz CT molecular complexity index is 515. The van der Waals surface area contributed by atoms with E-state index in [1.807, 2.05) is 6.92 Å². The van der Waals surface area contributed by atoms with Gasteiger partial charge in [-0.1, -0.05) is 6.42 Å². The van der Waals surface area contributed by atoms with Crippen LogP contribution in [0, 0.1) is 17.7 Å². The van der Waals surface area contributed by atoms with Gasteiger partial charge in [0.25, 0.3) is 0 Å². The molecule has 2 atom stereocenters. The molecule has 0 heterocycles. The second-order valence-electron chi connectivity index (χ2n) is 5.46. The van der Waals surface area contributed by atoms with E-state index in [0.29, 0.717) is 25.1 Å². The molecule has 1 aliphatic rings. The van der Waals surface area contributed by atoms with Crippen molar-refractivity contribution in [2.75, 3.05) is 11.4 Å². The largest absolute Gasteiger partial charge is 0.481 e. The first-order valence-electron chi connectivity index (χ1n) is 7.32. The molecular formula is C16H20FNO3. The van der Waals surface area contributed by atoms with Crippen LogP contribution >= 0.6 is 0 Å². The van der Waals surface area contributed by atoms with Gasteiger partial charge in [0, 0.05) is 18.2 Å². The van der Waals surface area contributed by atoms with Gasteiger partial charge in [0.05, 0.1) is 5.92 Å². The van der Waals surface area contributed by atoms with Gasteiger partial charge >= 0.3 is 5.97 Å². The van der Waals surface area contributed by atoms with Crippen LogP contribution in [0.4, 0.5) is 10.1 Å². The smallest absolute Gasteiger partial charge is 0.306 e. The Morgan fingerprint density at radius 3 is 2.43 bits per heavy atom. The van der Waals surface area contributed by atoms with Gasteiger partial charge in [0.15, 0.2) is 0 Å². The van der Waals surface area contributed by atoms with Gasteiger partial charge < -0.3 is 10.0 Å². The molecule has 1 fully saturated rings. The third-order valence-electron chi connectivity index (χ3n) is 4.09. The maximum Gasteiger partial charge on any atom is 0.306 e. The quantitative estimate of drug-likeness (QED) is 0.928. The van der Waals surface area contributed by atoms with E-state index in [0.717, 1.165) is 12.8 Å². The van der Waals surface area contributed by atoms with Crippen molar-refractivity contribution in [1.82, 2.24) is 0 Å². The standard InChI is InChI=1S/C16H20FNO3/c1-2-18(14-8-6-13(17)7-9-14)15(19)11-4-3-5-12(10-11)16(20)21/h6-9,11-12H,2-5,10H2,1H3,(H,20,21). The summed E-state index contributed by atoms with van der Waals surface area (Å²) < 4.78 is 13.0. The van der Waals surface area contributed by atoms with E-state index in [9.17, 15) is 14.0 Å². The van der Waals surface area contributed by atoms with Crippen LogP contribution in [0.3, 0.4) is 0 Å². The summed E-state index contributed by atoms with van der Waals surface area (Å²) in [6.45, 7) is 2.34. The molecule has 1 N–H and O–H groups in total. The molecule has 2 unspecified atom stereocenters. The van der Waals surface area contributed by atoms with Crippen molar-refractivity contribution in [1.29, 1.82) is 0 Å². The van der Waals surface area contributed by atoms with Crippen LogP contribution in [0.25, 0.3) is 0 Å². The zero-order valence-corrected chi connectivity index (χ0v) is 12.1. The molecule has 5 heteroatoms. The number of nitrogens with zero attached hydrogens (tertiary/aromatic N) is 1. The third-order valence-corrected chi connectivity index (χ3v) is 4.09. The van der Waals surface area contributed by atoms with Crippen LogP contribution < -0.4 is 4.90 Å². The lowest BCUT2D eigenvalue weighted by Gasteiger charge is -2.31. The Morgan fingerprint density at radius 2 is 1.86 bits per heavy atom. The van der Waals surface area contributed by atoms with E-state index in [1.165, 1.54) is 12.1 Å². The van der Waals surface area contributed by atoms with Crippen LogP contribution in [0.2, 0.25) is 0 Å². The van der Waals surface area contributed by atoms with Crippen LogP contribution in [-0.4, -0.2) is 23.5 Å². The van der Waals surface area contributed by atoms with Crippen LogP contribution in [0.5, 0.6) is 0 Å². The van der Waals surface area contributed by atoms with E-state index >= 15 is 0 Å². The molecule has 1 aliphatic carbocycles. The fourth-order valence-electron chi connectivity index (χ4n) is 2.95. The summed E-state index contributed by atoms with van der Waals surface area (Å²) >= 11 is 0. The minimum atomic E-state index is -0.822. The van der Waals surface area contributed by atoms with E-state index in [4.69, 9.17) is 5.11 Å². The average molecular weight is 293 g/mol. The highest BCUT2D eigenvalue weighted by molar-refractivity contribution is 5.95. The number of hydrogen-bond donors (Lipinski definition) is 1. The first kappa shape index (κ1) is 15.5. The minimum absolute atomic E-state index is 0.0601. The van der Waals surface area contributed by atoms with Gasteiger partial charge in [-0.2, -0.15) is 0 Å². The van der Waals surface area contributed by atoms with E-state index in [2.05, 4.69) is 0 Å². The number of carbonyl (C=O) groups is 2. The number of amides is 1. The number of carbonyl (C=O) groups excluding carboxylic acids is 1. The van der Waals surface area contributed by atoms with Gasteiger partial charge in [0.2, 0.25) is 5.91 Å². The van der Waals surface area contributed by atoms with Crippen molar-refractivity contribution in [3.8, 4) is 0 Å². The molecule has 1 amide bonds. The molecule has 2 rings (SSSR count). The number of hydrogen-bond acceptors (Lipinski definition) is 2. The van der Waals surface area contributed by atoms with Gasteiger partial charge in [-0.25, -0.2) is 4.39 Å². The Morgan fingerprint density at radius 1 is 1.24 bits per heavy atom. The molecule has 4 nitrogen and oxygen atoms in total. The maximum absolute atomic E-state index is 13.0. The summed E-state index contributed by atoms with van der Waals surface area (Å²) in [4.78, 5) is 25.3. The summed E-state index contributed by atoms with van der Waals surface area (Å²) in [5, 5.41) is 9.11. The van der Waals surface area contributed by atoms with Gasteiger partial charge in [-0.3, -0.25) is 9.59 Å². The van der Waals surface area contributed by atoms with Crippen molar-refractivity contribution in [2.24, 2.45) is 11.8 Å². The van der Waals surface area contributed by atoms with Crippen molar-refractivity contribution in [2.45, 2.75) is 32.6 Å². The summed E-state index contributed by atoms with van der Waals surface area (Å²) in [6, 6.07) is 5.81. The third kappa shape index (κ3) is 3.60. The molecule has 0 aliphatic heterocycles. The maximum atomic E-state index is 13.0. The molecule has 1 aromatic carbocycles. The van der Waals surface area contributed by atoms with E-state index < -0.39 is 11.9 Å². The van der Waals surface area contributed by atoms with Crippen LogP contribution in [0.15, 0.2) is 24.3 Å². The van der Waals surface area contributed by atoms with Crippen molar-refractivity contribution >= 4 is 17.6 Å². The van der Waals surface area contributed by atoms with Crippen molar-refractivity contribution in [3.63, 3.8) is 0 Å². The van der Waals surface area contributed by atoms with E-state index in [1.54, 1.807) is 17.0 Å². The lowest BCUT2D eigenvalue weighted by molar-refractivity contribution is -0.143. The molecule has 114 valence electrons. The average Bonchev–Trinajstić information content (AvgIpc) is 2.50. The Labute approximate surface area is 123 Å². The number of carboxylic acid groups (broad SMARTS) is 1. The molecule has 0 saturated heterocycles. The van der Waals surface area contributed by atoms with Crippen molar-refractivity contribution < 1.29 is 19.1 Å². The SMILES string of the molecule is CCN(C(=O)C1CCCC(C(=O)O)C1)c1ccc(F)cc1. The molecular weight excluding hydrogens is 273 g/mol. The zero-order valence-electron chi connectivity index (χ0n) is 12.1.